The van der Waals surface area contributed by atoms with E-state index in [0.29, 0.717) is 11.0 Å². The lowest BCUT2D eigenvalue weighted by atomic mass is 10.2. The third kappa shape index (κ3) is 3.23. The second kappa shape index (κ2) is 5.50. The van der Waals surface area contributed by atoms with Crippen molar-refractivity contribution in [3.63, 3.8) is 0 Å². The summed E-state index contributed by atoms with van der Waals surface area (Å²) in [5, 5.41) is 0.397. The van der Waals surface area contributed by atoms with Crippen LogP contribution in [0, 0.1) is 6.92 Å². The first-order chi connectivity index (χ1) is 7.56. The molecule has 0 aromatic carbocycles. The maximum atomic E-state index is 11.3. The smallest absolute Gasteiger partial charge is 0.356 e. The lowest BCUT2D eigenvalue weighted by Crippen LogP contribution is -2.07. The van der Waals surface area contributed by atoms with Gasteiger partial charge in [-0.25, -0.2) is 14.8 Å². The van der Waals surface area contributed by atoms with E-state index < -0.39 is 5.97 Å². The molecule has 1 heterocycles. The van der Waals surface area contributed by atoms with Gasteiger partial charge >= 0.3 is 5.97 Å². The van der Waals surface area contributed by atoms with Gasteiger partial charge < -0.3 is 10.5 Å². The maximum absolute atomic E-state index is 11.3. The molecule has 0 radical (unpaired) electrons. The van der Waals surface area contributed by atoms with Crippen LogP contribution in [0.15, 0.2) is 17.1 Å². The van der Waals surface area contributed by atoms with Gasteiger partial charge in [0.05, 0.1) is 7.11 Å². The second-order valence-electron chi connectivity index (χ2n) is 3.03. The van der Waals surface area contributed by atoms with Gasteiger partial charge in [-0.05, 0) is 30.9 Å². The van der Waals surface area contributed by atoms with E-state index in [1.165, 1.54) is 18.9 Å². The van der Waals surface area contributed by atoms with Crippen LogP contribution in [-0.2, 0) is 4.74 Å². The van der Waals surface area contributed by atoms with Crippen LogP contribution in [-0.4, -0.2) is 29.5 Å². The molecule has 0 bridgehead atoms. The van der Waals surface area contributed by atoms with Gasteiger partial charge in [0.2, 0.25) is 0 Å². The highest BCUT2D eigenvalue weighted by Gasteiger charge is 2.09. The molecule has 0 atom stereocenters. The zero-order valence-corrected chi connectivity index (χ0v) is 10.2. The van der Waals surface area contributed by atoms with E-state index >= 15 is 0 Å². The molecule has 6 heteroatoms. The molecular formula is C10H13N3O2S. The second-order valence-corrected chi connectivity index (χ2v) is 3.86. The van der Waals surface area contributed by atoms with Crippen molar-refractivity contribution in [2.75, 3.05) is 13.4 Å². The van der Waals surface area contributed by atoms with Crippen molar-refractivity contribution in [1.82, 2.24) is 4.98 Å². The standard InChI is InChI=1S/C10H13N3O2S/c1-6-4-7(9(14)15-2)12-8(5-6)13-10(11)16-3/h4-5H,1-3H3,(H2,11,12,13). The fraction of sp³-hybridized carbons (Fsp3) is 0.300. The quantitative estimate of drug-likeness (QED) is 0.480. The number of esters is 1. The van der Waals surface area contributed by atoms with Crippen LogP contribution in [0.3, 0.4) is 0 Å². The Hall–Kier alpha value is -1.56. The molecule has 1 rings (SSSR count). The van der Waals surface area contributed by atoms with Crippen molar-refractivity contribution in [2.24, 2.45) is 10.7 Å². The monoisotopic (exact) mass is 239 g/mol. The minimum Gasteiger partial charge on any atom is -0.464 e. The first-order valence-electron chi connectivity index (χ1n) is 4.52. The minimum absolute atomic E-state index is 0.232. The summed E-state index contributed by atoms with van der Waals surface area (Å²) in [7, 11) is 1.31. The van der Waals surface area contributed by atoms with Gasteiger partial charge in [-0.15, -0.1) is 0 Å². The number of nitrogens with zero attached hydrogens (tertiary/aromatic N) is 2. The molecule has 0 spiro atoms. The van der Waals surface area contributed by atoms with Crippen LogP contribution < -0.4 is 5.73 Å². The summed E-state index contributed by atoms with van der Waals surface area (Å²) in [4.78, 5) is 19.4. The summed E-state index contributed by atoms with van der Waals surface area (Å²) >= 11 is 1.32. The van der Waals surface area contributed by atoms with Gasteiger partial charge in [0.1, 0.15) is 0 Å². The van der Waals surface area contributed by atoms with E-state index in [0.717, 1.165) is 5.56 Å². The minimum atomic E-state index is -0.483. The third-order valence-electron chi connectivity index (χ3n) is 1.78. The summed E-state index contributed by atoms with van der Waals surface area (Å²) in [6.45, 7) is 1.85. The Morgan fingerprint density at radius 1 is 1.56 bits per heavy atom. The Bertz CT molecular complexity index is 432. The molecule has 1 aromatic rings. The van der Waals surface area contributed by atoms with Gasteiger partial charge in [0.15, 0.2) is 16.7 Å². The largest absolute Gasteiger partial charge is 0.464 e. The summed E-state index contributed by atoms with van der Waals surface area (Å²) in [6.07, 6.45) is 1.82. The van der Waals surface area contributed by atoms with Crippen molar-refractivity contribution in [3.05, 3.63) is 23.4 Å². The highest BCUT2D eigenvalue weighted by atomic mass is 32.2. The Kier molecular flexibility index (Phi) is 4.30. The van der Waals surface area contributed by atoms with Crippen LogP contribution >= 0.6 is 11.8 Å². The Morgan fingerprint density at radius 2 is 2.25 bits per heavy atom. The lowest BCUT2D eigenvalue weighted by Gasteiger charge is -2.02. The summed E-state index contributed by atoms with van der Waals surface area (Å²) in [6, 6.07) is 3.38. The SMILES string of the molecule is COC(=O)c1cc(C)cc(N=C(N)SC)n1. The molecule has 5 nitrogen and oxygen atoms in total. The predicted octanol–water partition coefficient (Wildman–Crippen LogP) is 1.49. The number of nitrogens with two attached hydrogens (primary N) is 1. The number of rotatable bonds is 2. The summed E-state index contributed by atoms with van der Waals surface area (Å²) in [5.74, 6) is -0.0740. The average molecular weight is 239 g/mol. The van der Waals surface area contributed by atoms with Crippen molar-refractivity contribution in [3.8, 4) is 0 Å². The number of hydrogen-bond donors (Lipinski definition) is 1. The van der Waals surface area contributed by atoms with Crippen molar-refractivity contribution in [1.29, 1.82) is 0 Å². The number of ether oxygens (including phenoxy) is 1. The number of carbonyl (C=O) groups excluding carboxylic acids is 1. The van der Waals surface area contributed by atoms with E-state index in [9.17, 15) is 4.79 Å². The highest BCUT2D eigenvalue weighted by molar-refractivity contribution is 8.13. The van der Waals surface area contributed by atoms with E-state index in [1.807, 2.05) is 13.2 Å². The topological polar surface area (TPSA) is 77.6 Å². The zero-order valence-electron chi connectivity index (χ0n) is 9.35. The molecule has 0 aliphatic heterocycles. The zero-order chi connectivity index (χ0) is 12.1. The Morgan fingerprint density at radius 3 is 2.81 bits per heavy atom. The molecule has 16 heavy (non-hydrogen) atoms. The van der Waals surface area contributed by atoms with Gasteiger partial charge in [-0.2, -0.15) is 0 Å². The van der Waals surface area contributed by atoms with E-state index in [4.69, 9.17) is 5.73 Å². The van der Waals surface area contributed by atoms with Crippen molar-refractivity contribution < 1.29 is 9.53 Å². The van der Waals surface area contributed by atoms with Crippen molar-refractivity contribution >= 4 is 28.7 Å². The summed E-state index contributed by atoms with van der Waals surface area (Å²) in [5.41, 5.74) is 6.68. The molecule has 0 fully saturated rings. The number of pyridine rings is 1. The van der Waals surface area contributed by atoms with Crippen LogP contribution in [0.4, 0.5) is 5.82 Å². The van der Waals surface area contributed by atoms with Crippen LogP contribution in [0.1, 0.15) is 16.1 Å². The number of thioether (sulfide) groups is 1. The van der Waals surface area contributed by atoms with E-state index in [2.05, 4.69) is 14.7 Å². The van der Waals surface area contributed by atoms with E-state index in [-0.39, 0.29) is 5.69 Å². The number of amidine groups is 1. The molecule has 0 saturated carbocycles. The van der Waals surface area contributed by atoms with Gasteiger partial charge in [0, 0.05) is 0 Å². The third-order valence-corrected chi connectivity index (χ3v) is 2.29. The molecule has 0 aliphatic rings. The van der Waals surface area contributed by atoms with Gasteiger partial charge in [-0.3, -0.25) is 0 Å². The molecule has 0 aliphatic carbocycles. The average Bonchev–Trinajstić information content (AvgIpc) is 2.27. The number of carbonyl (C=O) groups is 1. The fourth-order valence-electron chi connectivity index (χ4n) is 1.07. The Labute approximate surface area is 98.1 Å². The fourth-order valence-corrected chi connectivity index (χ4v) is 1.26. The van der Waals surface area contributed by atoms with Gasteiger partial charge in [-0.1, -0.05) is 11.8 Å². The number of methoxy groups -OCH3 is 1. The molecule has 0 amide bonds. The molecule has 2 N–H and O–H groups in total. The highest BCUT2D eigenvalue weighted by Crippen LogP contribution is 2.14. The number of aliphatic imine (C=N–C) groups is 1. The maximum Gasteiger partial charge on any atom is 0.356 e. The number of aryl methyl sites for hydroxylation is 1. The molecular weight excluding hydrogens is 226 g/mol. The van der Waals surface area contributed by atoms with Crippen LogP contribution in [0.2, 0.25) is 0 Å². The normalized spacial score (nSPS) is 11.3. The van der Waals surface area contributed by atoms with Crippen LogP contribution in [0.25, 0.3) is 0 Å². The number of hydrogen-bond acceptors (Lipinski definition) is 5. The molecule has 0 saturated heterocycles. The first kappa shape index (κ1) is 12.5. The Balaban J connectivity index is 3.13. The predicted molar refractivity (Wildman–Crippen MR) is 65.1 cm³/mol. The van der Waals surface area contributed by atoms with Crippen LogP contribution in [0.5, 0.6) is 0 Å². The molecule has 86 valence electrons. The number of aromatic nitrogens is 1. The molecule has 1 aromatic heterocycles. The summed E-state index contributed by atoms with van der Waals surface area (Å²) < 4.78 is 4.59. The van der Waals surface area contributed by atoms with Gasteiger partial charge in [0.25, 0.3) is 0 Å². The van der Waals surface area contributed by atoms with Crippen molar-refractivity contribution in [2.45, 2.75) is 6.92 Å². The first-order valence-corrected chi connectivity index (χ1v) is 5.74. The van der Waals surface area contributed by atoms with E-state index in [1.54, 1.807) is 12.1 Å². The molecule has 0 unspecified atom stereocenters. The lowest BCUT2D eigenvalue weighted by molar-refractivity contribution is 0.0594.